The summed E-state index contributed by atoms with van der Waals surface area (Å²) in [5.74, 6) is -0.602. The molecule has 0 fully saturated rings. The van der Waals surface area contributed by atoms with Gasteiger partial charge in [-0.05, 0) is 18.6 Å². The number of fused-ring (bicyclic) bond motifs is 1. The fourth-order valence-electron chi connectivity index (χ4n) is 2.54. The smallest absolute Gasteiger partial charge is 0.167 e. The molecule has 1 aliphatic carbocycles. The maximum atomic E-state index is 12.0. The van der Waals surface area contributed by atoms with Gasteiger partial charge < -0.3 is 19.7 Å². The Morgan fingerprint density at radius 3 is 2.74 bits per heavy atom. The third-order valence-corrected chi connectivity index (χ3v) is 3.40. The van der Waals surface area contributed by atoms with Crippen LogP contribution in [0.4, 0.5) is 0 Å². The first-order chi connectivity index (χ1) is 8.93. The molecule has 5 heteroatoms. The second-order valence-electron chi connectivity index (χ2n) is 4.85. The van der Waals surface area contributed by atoms with Gasteiger partial charge in [0.1, 0.15) is 17.3 Å². The van der Waals surface area contributed by atoms with Crippen LogP contribution in [-0.2, 0) is 4.79 Å². The monoisotopic (exact) mass is 264 g/mol. The van der Waals surface area contributed by atoms with Crippen molar-refractivity contribution in [2.75, 3.05) is 7.11 Å². The molecule has 0 saturated heterocycles. The van der Waals surface area contributed by atoms with Crippen molar-refractivity contribution in [2.24, 2.45) is 5.92 Å². The Balaban J connectivity index is 2.47. The van der Waals surface area contributed by atoms with Gasteiger partial charge in [0.25, 0.3) is 0 Å². The molecule has 5 nitrogen and oxygen atoms in total. The summed E-state index contributed by atoms with van der Waals surface area (Å²) in [4.78, 5) is 23.2. The number of phenols is 1. The van der Waals surface area contributed by atoms with Gasteiger partial charge in [-0.3, -0.25) is 4.79 Å². The predicted octanol–water partition coefficient (Wildman–Crippen LogP) is 1.62. The van der Waals surface area contributed by atoms with Crippen LogP contribution in [0.5, 0.6) is 11.5 Å². The normalized spacial score (nSPS) is 21.9. The Morgan fingerprint density at radius 1 is 1.47 bits per heavy atom. The third-order valence-electron chi connectivity index (χ3n) is 3.40. The number of hydrogen-bond acceptors (Lipinski definition) is 5. The molecule has 0 spiro atoms. The number of phenolic OH excluding ortho intramolecular Hbond substituents is 1. The van der Waals surface area contributed by atoms with Crippen molar-refractivity contribution in [1.29, 1.82) is 0 Å². The zero-order valence-electron chi connectivity index (χ0n) is 10.8. The number of ketones is 2. The van der Waals surface area contributed by atoms with Crippen LogP contribution >= 0.6 is 0 Å². The van der Waals surface area contributed by atoms with E-state index in [4.69, 9.17) is 4.74 Å². The molecular weight excluding hydrogens is 248 g/mol. The molecule has 2 atom stereocenters. The molecule has 0 bridgehead atoms. The minimum atomic E-state index is -0.947. The van der Waals surface area contributed by atoms with Gasteiger partial charge in [0, 0.05) is 24.8 Å². The van der Waals surface area contributed by atoms with E-state index in [-0.39, 0.29) is 35.7 Å². The number of hydrogen-bond donors (Lipinski definition) is 2. The fraction of sp³-hybridized carbons (Fsp3) is 0.429. The average molecular weight is 264 g/mol. The van der Waals surface area contributed by atoms with Crippen molar-refractivity contribution in [1.82, 2.24) is 0 Å². The van der Waals surface area contributed by atoms with E-state index in [0.717, 1.165) is 0 Å². The fourth-order valence-corrected chi connectivity index (χ4v) is 2.54. The lowest BCUT2D eigenvalue weighted by Crippen LogP contribution is -2.26. The number of carbonyl (C=O) groups is 2. The topological polar surface area (TPSA) is 83.8 Å². The summed E-state index contributed by atoms with van der Waals surface area (Å²) in [5.41, 5.74) is 0.465. The van der Waals surface area contributed by atoms with E-state index in [1.165, 1.54) is 26.2 Å². The van der Waals surface area contributed by atoms with Crippen LogP contribution in [0.2, 0.25) is 0 Å². The molecule has 0 amide bonds. The van der Waals surface area contributed by atoms with Crippen molar-refractivity contribution in [3.05, 3.63) is 23.3 Å². The third kappa shape index (κ3) is 2.46. The molecule has 0 saturated carbocycles. The first-order valence-electron chi connectivity index (χ1n) is 6.05. The molecule has 19 heavy (non-hydrogen) atoms. The first-order valence-corrected chi connectivity index (χ1v) is 6.05. The van der Waals surface area contributed by atoms with Crippen molar-refractivity contribution in [3.63, 3.8) is 0 Å². The molecule has 2 rings (SSSR count). The maximum Gasteiger partial charge on any atom is 0.167 e. The van der Waals surface area contributed by atoms with Gasteiger partial charge in [0.2, 0.25) is 0 Å². The van der Waals surface area contributed by atoms with E-state index in [1.807, 2.05) is 0 Å². The summed E-state index contributed by atoms with van der Waals surface area (Å²) in [5, 5.41) is 20.1. The lowest BCUT2D eigenvalue weighted by atomic mass is 9.78. The molecule has 1 aromatic rings. The number of methoxy groups -OCH3 is 1. The molecule has 0 radical (unpaired) electrons. The van der Waals surface area contributed by atoms with Crippen LogP contribution in [0.3, 0.4) is 0 Å². The Kier molecular flexibility index (Phi) is 3.57. The Hall–Kier alpha value is -1.88. The molecule has 2 unspecified atom stereocenters. The molecule has 1 aliphatic rings. The number of benzene rings is 1. The molecule has 0 heterocycles. The number of ether oxygens (including phenoxy) is 1. The van der Waals surface area contributed by atoms with Gasteiger partial charge in [0.15, 0.2) is 5.78 Å². The highest BCUT2D eigenvalue weighted by atomic mass is 16.5. The summed E-state index contributed by atoms with van der Waals surface area (Å²) >= 11 is 0. The van der Waals surface area contributed by atoms with Gasteiger partial charge in [-0.15, -0.1) is 0 Å². The van der Waals surface area contributed by atoms with Crippen LogP contribution in [0.25, 0.3) is 0 Å². The number of aliphatic hydroxyl groups excluding tert-OH is 1. The van der Waals surface area contributed by atoms with Gasteiger partial charge in [-0.1, -0.05) is 0 Å². The quantitative estimate of drug-likeness (QED) is 0.866. The number of aliphatic hydroxyl groups is 1. The van der Waals surface area contributed by atoms with Crippen LogP contribution in [0.1, 0.15) is 41.8 Å². The van der Waals surface area contributed by atoms with E-state index < -0.39 is 12.0 Å². The average Bonchev–Trinajstić information content (AvgIpc) is 2.33. The van der Waals surface area contributed by atoms with Crippen LogP contribution in [0, 0.1) is 5.92 Å². The number of aromatic hydroxyl groups is 1. The molecule has 1 aromatic carbocycles. The second-order valence-corrected chi connectivity index (χ2v) is 4.85. The zero-order chi connectivity index (χ0) is 14.2. The second kappa shape index (κ2) is 5.01. The molecule has 0 aliphatic heterocycles. The highest BCUT2D eigenvalue weighted by Gasteiger charge is 2.35. The highest BCUT2D eigenvalue weighted by Crippen LogP contribution is 2.41. The summed E-state index contributed by atoms with van der Waals surface area (Å²) in [7, 11) is 1.44. The Labute approximate surface area is 110 Å². The van der Waals surface area contributed by atoms with Crippen molar-refractivity contribution >= 4 is 11.6 Å². The van der Waals surface area contributed by atoms with E-state index in [0.29, 0.717) is 11.3 Å². The summed E-state index contributed by atoms with van der Waals surface area (Å²) in [6.45, 7) is 1.43. The van der Waals surface area contributed by atoms with Crippen LogP contribution in [0.15, 0.2) is 12.1 Å². The van der Waals surface area contributed by atoms with Crippen LogP contribution in [-0.4, -0.2) is 28.9 Å². The number of carbonyl (C=O) groups excluding carboxylic acids is 2. The van der Waals surface area contributed by atoms with Gasteiger partial charge in [-0.2, -0.15) is 0 Å². The Bertz CT molecular complexity index is 535. The Morgan fingerprint density at radius 2 is 2.16 bits per heavy atom. The maximum absolute atomic E-state index is 12.0. The SMILES string of the molecule is COc1cc(O)c2c(c1)C(O)C(CC(C)=O)CC2=O. The molecule has 102 valence electrons. The van der Waals surface area contributed by atoms with E-state index >= 15 is 0 Å². The summed E-state index contributed by atoms with van der Waals surface area (Å²) in [6, 6.07) is 2.87. The molecule has 0 aromatic heterocycles. The van der Waals surface area contributed by atoms with Crippen molar-refractivity contribution in [3.8, 4) is 11.5 Å². The van der Waals surface area contributed by atoms with Crippen molar-refractivity contribution < 1.29 is 24.5 Å². The number of rotatable bonds is 3. The summed E-state index contributed by atoms with van der Waals surface area (Å²) < 4.78 is 5.01. The first kappa shape index (κ1) is 13.5. The summed E-state index contributed by atoms with van der Waals surface area (Å²) in [6.07, 6.45) is -0.740. The minimum absolute atomic E-state index is 0.0631. The highest BCUT2D eigenvalue weighted by molar-refractivity contribution is 6.02. The van der Waals surface area contributed by atoms with E-state index in [1.54, 1.807) is 0 Å². The lowest BCUT2D eigenvalue weighted by Gasteiger charge is -2.29. The number of Topliss-reactive ketones (excluding diaryl/α,β-unsaturated/α-hetero) is 2. The van der Waals surface area contributed by atoms with E-state index in [2.05, 4.69) is 0 Å². The van der Waals surface area contributed by atoms with E-state index in [9.17, 15) is 19.8 Å². The lowest BCUT2D eigenvalue weighted by molar-refractivity contribution is -0.118. The zero-order valence-corrected chi connectivity index (χ0v) is 10.8. The van der Waals surface area contributed by atoms with Gasteiger partial charge >= 0.3 is 0 Å². The minimum Gasteiger partial charge on any atom is -0.507 e. The van der Waals surface area contributed by atoms with Crippen molar-refractivity contribution in [2.45, 2.75) is 25.9 Å². The van der Waals surface area contributed by atoms with Crippen LogP contribution < -0.4 is 4.74 Å². The largest absolute Gasteiger partial charge is 0.507 e. The van der Waals surface area contributed by atoms with Gasteiger partial charge in [-0.25, -0.2) is 0 Å². The molecule has 2 N–H and O–H groups in total. The molecular formula is C14H16O5. The van der Waals surface area contributed by atoms with Gasteiger partial charge in [0.05, 0.1) is 18.8 Å². The predicted molar refractivity (Wildman–Crippen MR) is 67.4 cm³/mol. The standard InChI is InChI=1S/C14H16O5/c1-7(15)3-8-4-11(16)13-10(14(8)18)5-9(19-2)6-12(13)17/h5-6,8,14,17-18H,3-4H2,1-2H3.